The Labute approximate surface area is 119 Å². The van der Waals surface area contributed by atoms with Gasteiger partial charge in [0.25, 0.3) is 0 Å². The zero-order chi connectivity index (χ0) is 14.4. The first-order valence-corrected chi connectivity index (χ1v) is 7.06. The number of amides is 1. The molecule has 1 fully saturated rings. The summed E-state index contributed by atoms with van der Waals surface area (Å²) in [5, 5.41) is 12.2. The highest BCUT2D eigenvalue weighted by Crippen LogP contribution is 2.33. The van der Waals surface area contributed by atoms with Crippen LogP contribution in [0.15, 0.2) is 30.3 Å². The van der Waals surface area contributed by atoms with Crippen molar-refractivity contribution in [2.24, 2.45) is 5.92 Å². The molecular formula is C16H20N2O2. The Bertz CT molecular complexity index is 495. The predicted octanol–water partition coefficient (Wildman–Crippen LogP) is 3.39. The lowest BCUT2D eigenvalue weighted by Crippen LogP contribution is -2.53. The summed E-state index contributed by atoms with van der Waals surface area (Å²) in [7, 11) is 0. The first-order valence-electron chi connectivity index (χ1n) is 7.06. The maximum absolute atomic E-state index is 11.9. The molecule has 106 valence electrons. The molecule has 0 bridgehead atoms. The van der Waals surface area contributed by atoms with E-state index in [2.05, 4.69) is 11.4 Å². The van der Waals surface area contributed by atoms with Gasteiger partial charge in [-0.3, -0.25) is 0 Å². The summed E-state index contributed by atoms with van der Waals surface area (Å²) in [5.74, 6) is 0.158. The van der Waals surface area contributed by atoms with E-state index < -0.39 is 11.6 Å². The second kappa shape index (κ2) is 6.42. The van der Waals surface area contributed by atoms with Gasteiger partial charge in [-0.15, -0.1) is 0 Å². The highest BCUT2D eigenvalue weighted by Gasteiger charge is 2.40. The minimum atomic E-state index is -0.772. The van der Waals surface area contributed by atoms with E-state index in [0.29, 0.717) is 6.42 Å². The summed E-state index contributed by atoms with van der Waals surface area (Å²) >= 11 is 0. The van der Waals surface area contributed by atoms with Crippen molar-refractivity contribution in [2.45, 2.75) is 44.8 Å². The molecule has 0 heterocycles. The number of hydrogen-bond acceptors (Lipinski definition) is 3. The maximum atomic E-state index is 11.9. The number of nitrogens with zero attached hydrogens (tertiary/aromatic N) is 1. The number of carbonyl (C=O) groups is 1. The molecule has 0 aliphatic heterocycles. The normalized spacial score (nSPS) is 25.5. The van der Waals surface area contributed by atoms with Gasteiger partial charge >= 0.3 is 6.09 Å². The first-order chi connectivity index (χ1) is 9.66. The van der Waals surface area contributed by atoms with Crippen molar-refractivity contribution < 1.29 is 9.53 Å². The summed E-state index contributed by atoms with van der Waals surface area (Å²) < 4.78 is 5.20. The average molecular weight is 272 g/mol. The number of hydrogen-bond donors (Lipinski definition) is 1. The Morgan fingerprint density at radius 3 is 2.85 bits per heavy atom. The van der Waals surface area contributed by atoms with Crippen LogP contribution in [0, 0.1) is 17.2 Å². The zero-order valence-corrected chi connectivity index (χ0v) is 11.8. The number of alkyl carbamates (subject to hydrolysis) is 1. The third-order valence-corrected chi connectivity index (χ3v) is 4.04. The lowest BCUT2D eigenvalue weighted by Gasteiger charge is -2.36. The molecule has 4 nitrogen and oxygen atoms in total. The summed E-state index contributed by atoms with van der Waals surface area (Å²) in [6.45, 7) is 2.24. The van der Waals surface area contributed by atoms with E-state index in [9.17, 15) is 10.1 Å². The molecule has 2 rings (SSSR count). The standard InChI is InChI=1S/C16H20N2O2/c1-13-7-5-6-10-16(13,12-17)18-15(19)20-11-14-8-3-2-4-9-14/h2-4,8-9,13H,5-7,10-11H2,1H3,(H,18,19). The van der Waals surface area contributed by atoms with Crippen LogP contribution in [-0.4, -0.2) is 11.6 Å². The smallest absolute Gasteiger partial charge is 0.408 e. The van der Waals surface area contributed by atoms with Gasteiger partial charge in [-0.05, 0) is 24.3 Å². The summed E-state index contributed by atoms with van der Waals surface area (Å²) in [5.41, 5.74) is 0.164. The molecule has 1 amide bonds. The number of carbonyl (C=O) groups excluding carboxylic acids is 1. The van der Waals surface area contributed by atoms with Crippen molar-refractivity contribution in [1.82, 2.24) is 5.32 Å². The lowest BCUT2D eigenvalue weighted by atomic mass is 9.75. The van der Waals surface area contributed by atoms with Crippen LogP contribution in [-0.2, 0) is 11.3 Å². The second-order valence-electron chi connectivity index (χ2n) is 5.42. The lowest BCUT2D eigenvalue weighted by molar-refractivity contribution is 0.116. The van der Waals surface area contributed by atoms with Crippen LogP contribution in [0.25, 0.3) is 0 Å². The van der Waals surface area contributed by atoms with E-state index in [1.54, 1.807) is 0 Å². The van der Waals surface area contributed by atoms with Crippen LogP contribution in [0.2, 0.25) is 0 Å². The van der Waals surface area contributed by atoms with Crippen molar-refractivity contribution in [3.8, 4) is 6.07 Å². The molecule has 1 aromatic rings. The maximum Gasteiger partial charge on any atom is 0.408 e. The number of rotatable bonds is 3. The van der Waals surface area contributed by atoms with E-state index in [-0.39, 0.29) is 12.5 Å². The van der Waals surface area contributed by atoms with E-state index in [1.807, 2.05) is 37.3 Å². The highest BCUT2D eigenvalue weighted by molar-refractivity contribution is 5.69. The number of ether oxygens (including phenoxy) is 1. The zero-order valence-electron chi connectivity index (χ0n) is 11.8. The Hall–Kier alpha value is -2.02. The molecule has 1 saturated carbocycles. The molecule has 1 N–H and O–H groups in total. The quantitative estimate of drug-likeness (QED) is 0.917. The average Bonchev–Trinajstić information content (AvgIpc) is 2.49. The van der Waals surface area contributed by atoms with Gasteiger partial charge in [0.2, 0.25) is 0 Å². The van der Waals surface area contributed by atoms with Gasteiger partial charge in [0, 0.05) is 0 Å². The van der Waals surface area contributed by atoms with Gasteiger partial charge in [0.05, 0.1) is 6.07 Å². The van der Waals surface area contributed by atoms with Crippen molar-refractivity contribution in [3.63, 3.8) is 0 Å². The van der Waals surface area contributed by atoms with Crippen LogP contribution in [0.1, 0.15) is 38.2 Å². The molecule has 0 spiro atoms. The molecule has 20 heavy (non-hydrogen) atoms. The van der Waals surface area contributed by atoms with E-state index in [4.69, 9.17) is 4.74 Å². The van der Waals surface area contributed by atoms with Crippen molar-refractivity contribution in [1.29, 1.82) is 5.26 Å². The Morgan fingerprint density at radius 1 is 1.45 bits per heavy atom. The molecule has 0 radical (unpaired) electrons. The molecule has 0 saturated heterocycles. The fourth-order valence-electron chi connectivity index (χ4n) is 2.67. The summed E-state index contributed by atoms with van der Waals surface area (Å²) in [6, 6.07) is 11.8. The van der Waals surface area contributed by atoms with Crippen LogP contribution >= 0.6 is 0 Å². The molecule has 1 aromatic carbocycles. The fourth-order valence-corrected chi connectivity index (χ4v) is 2.67. The third kappa shape index (κ3) is 3.30. The molecule has 2 atom stereocenters. The summed E-state index contributed by atoms with van der Waals surface area (Å²) in [6.07, 6.45) is 3.24. The van der Waals surface area contributed by atoms with Crippen molar-refractivity contribution in [2.75, 3.05) is 0 Å². The Morgan fingerprint density at radius 2 is 2.20 bits per heavy atom. The largest absolute Gasteiger partial charge is 0.445 e. The van der Waals surface area contributed by atoms with Gasteiger partial charge in [-0.2, -0.15) is 5.26 Å². The third-order valence-electron chi connectivity index (χ3n) is 4.04. The minimum Gasteiger partial charge on any atom is -0.445 e. The fraction of sp³-hybridized carbons (Fsp3) is 0.500. The van der Waals surface area contributed by atoms with Crippen LogP contribution in [0.5, 0.6) is 0 Å². The predicted molar refractivity (Wildman–Crippen MR) is 75.7 cm³/mol. The van der Waals surface area contributed by atoms with E-state index >= 15 is 0 Å². The molecule has 2 unspecified atom stereocenters. The van der Waals surface area contributed by atoms with Crippen LogP contribution in [0.3, 0.4) is 0 Å². The Balaban J connectivity index is 1.91. The van der Waals surface area contributed by atoms with Crippen LogP contribution in [0.4, 0.5) is 4.79 Å². The van der Waals surface area contributed by atoms with Crippen molar-refractivity contribution >= 4 is 6.09 Å². The van der Waals surface area contributed by atoms with Crippen LogP contribution < -0.4 is 5.32 Å². The monoisotopic (exact) mass is 272 g/mol. The topological polar surface area (TPSA) is 62.1 Å². The second-order valence-corrected chi connectivity index (χ2v) is 5.42. The van der Waals surface area contributed by atoms with Crippen molar-refractivity contribution in [3.05, 3.63) is 35.9 Å². The molecule has 0 aromatic heterocycles. The Kier molecular flexibility index (Phi) is 4.62. The number of nitrogens with one attached hydrogen (secondary N) is 1. The summed E-state index contributed by atoms with van der Waals surface area (Å²) in [4.78, 5) is 11.9. The van der Waals surface area contributed by atoms with Gasteiger partial charge < -0.3 is 10.1 Å². The number of nitriles is 1. The highest BCUT2D eigenvalue weighted by atomic mass is 16.5. The SMILES string of the molecule is CC1CCCCC1(C#N)NC(=O)OCc1ccccc1. The molecule has 1 aliphatic carbocycles. The van der Waals surface area contributed by atoms with Gasteiger partial charge in [-0.1, -0.05) is 50.1 Å². The van der Waals surface area contributed by atoms with E-state index in [1.165, 1.54) is 0 Å². The minimum absolute atomic E-state index is 0.158. The molecule has 1 aliphatic rings. The van der Waals surface area contributed by atoms with Gasteiger partial charge in [0.1, 0.15) is 12.1 Å². The van der Waals surface area contributed by atoms with E-state index in [0.717, 1.165) is 24.8 Å². The van der Waals surface area contributed by atoms with Gasteiger partial charge in [0.15, 0.2) is 0 Å². The first kappa shape index (κ1) is 14.4. The number of benzene rings is 1. The molecule has 4 heteroatoms. The molecular weight excluding hydrogens is 252 g/mol. The van der Waals surface area contributed by atoms with Gasteiger partial charge in [-0.25, -0.2) is 4.79 Å².